The van der Waals surface area contributed by atoms with E-state index in [2.05, 4.69) is 5.32 Å². The second kappa shape index (κ2) is 6.12. The fourth-order valence-electron chi connectivity index (χ4n) is 1.39. The van der Waals surface area contributed by atoms with Gasteiger partial charge in [0, 0.05) is 18.7 Å². The summed E-state index contributed by atoms with van der Waals surface area (Å²) in [5.41, 5.74) is 0.374. The van der Waals surface area contributed by atoms with E-state index in [1.807, 2.05) is 6.07 Å². The number of hydrogen-bond acceptors (Lipinski definition) is 6. The number of nitrogens with two attached hydrogens (primary N) is 1. The Labute approximate surface area is 110 Å². The standard InChI is InChI=1S/C10H12N4O4S/c11-7-8-6-9(14(15)16)2-3-10(8)13-4-1-5-19(12,17)18/h2-3,6,13H,1,4-5H2,(H2,12,17,18). The van der Waals surface area contributed by atoms with Crippen LogP contribution in [0.2, 0.25) is 0 Å². The first kappa shape index (κ1) is 14.9. The van der Waals surface area contributed by atoms with Crippen LogP contribution in [-0.2, 0) is 10.0 Å². The average molecular weight is 284 g/mol. The fraction of sp³-hybridized carbons (Fsp3) is 0.300. The van der Waals surface area contributed by atoms with Crippen LogP contribution in [-0.4, -0.2) is 25.6 Å². The molecule has 19 heavy (non-hydrogen) atoms. The Bertz CT molecular complexity index is 621. The van der Waals surface area contributed by atoms with E-state index < -0.39 is 14.9 Å². The number of nitrogens with zero attached hydrogens (tertiary/aromatic N) is 2. The molecule has 0 aliphatic heterocycles. The summed E-state index contributed by atoms with van der Waals surface area (Å²) in [7, 11) is -3.51. The quantitative estimate of drug-likeness (QED) is 0.444. The third-order valence-corrected chi connectivity index (χ3v) is 3.11. The number of non-ortho nitro benzene ring substituents is 1. The zero-order chi connectivity index (χ0) is 14.5. The molecule has 0 saturated carbocycles. The molecule has 1 rings (SSSR count). The Morgan fingerprint density at radius 1 is 1.47 bits per heavy atom. The fourth-order valence-corrected chi connectivity index (χ4v) is 1.94. The molecule has 1 aromatic rings. The van der Waals surface area contributed by atoms with Crippen LogP contribution < -0.4 is 10.5 Å². The molecule has 0 unspecified atom stereocenters. The second-order valence-corrected chi connectivity index (χ2v) is 5.48. The molecule has 0 aromatic heterocycles. The summed E-state index contributed by atoms with van der Waals surface area (Å²) >= 11 is 0. The molecule has 0 spiro atoms. The molecule has 0 saturated heterocycles. The van der Waals surface area contributed by atoms with Gasteiger partial charge in [-0.2, -0.15) is 5.26 Å². The van der Waals surface area contributed by atoms with E-state index in [4.69, 9.17) is 10.4 Å². The monoisotopic (exact) mass is 284 g/mol. The minimum absolute atomic E-state index is 0.129. The van der Waals surface area contributed by atoms with Gasteiger partial charge in [0.1, 0.15) is 6.07 Å². The van der Waals surface area contributed by atoms with Crippen molar-refractivity contribution in [1.82, 2.24) is 0 Å². The van der Waals surface area contributed by atoms with Gasteiger partial charge in [0.25, 0.3) is 5.69 Å². The minimum atomic E-state index is -3.51. The van der Waals surface area contributed by atoms with E-state index in [0.29, 0.717) is 12.2 Å². The van der Waals surface area contributed by atoms with Crippen molar-refractivity contribution in [2.75, 3.05) is 17.6 Å². The first-order chi connectivity index (χ1) is 8.83. The average Bonchev–Trinajstić information content (AvgIpc) is 2.33. The zero-order valence-corrected chi connectivity index (χ0v) is 10.7. The van der Waals surface area contributed by atoms with E-state index >= 15 is 0 Å². The molecule has 0 radical (unpaired) electrons. The Morgan fingerprint density at radius 3 is 2.68 bits per heavy atom. The van der Waals surface area contributed by atoms with Crippen LogP contribution in [0.25, 0.3) is 0 Å². The van der Waals surface area contributed by atoms with Crippen LogP contribution >= 0.6 is 0 Å². The minimum Gasteiger partial charge on any atom is -0.384 e. The van der Waals surface area contributed by atoms with Gasteiger partial charge in [-0.25, -0.2) is 13.6 Å². The Morgan fingerprint density at radius 2 is 2.16 bits per heavy atom. The Balaban J connectivity index is 2.69. The number of rotatable bonds is 6. The highest BCUT2D eigenvalue weighted by atomic mass is 32.2. The summed E-state index contributed by atoms with van der Waals surface area (Å²) in [5, 5.41) is 27.1. The molecular weight excluding hydrogens is 272 g/mol. The topological polar surface area (TPSA) is 139 Å². The number of nitrogens with one attached hydrogen (secondary N) is 1. The van der Waals surface area contributed by atoms with Gasteiger partial charge in [0.15, 0.2) is 0 Å². The predicted octanol–water partition coefficient (Wildman–Crippen LogP) is 0.557. The van der Waals surface area contributed by atoms with Gasteiger partial charge in [0.2, 0.25) is 10.0 Å². The first-order valence-electron chi connectivity index (χ1n) is 5.26. The van der Waals surface area contributed by atoms with Gasteiger partial charge in [-0.05, 0) is 12.5 Å². The molecule has 8 nitrogen and oxygen atoms in total. The number of anilines is 1. The summed E-state index contributed by atoms with van der Waals surface area (Å²) < 4.78 is 21.4. The Kier molecular flexibility index (Phi) is 4.80. The van der Waals surface area contributed by atoms with Crippen molar-refractivity contribution >= 4 is 21.4 Å². The molecule has 3 N–H and O–H groups in total. The van der Waals surface area contributed by atoms with Gasteiger partial charge < -0.3 is 5.32 Å². The molecule has 9 heteroatoms. The summed E-state index contributed by atoms with van der Waals surface area (Å²) in [4.78, 5) is 9.95. The molecule has 0 aliphatic rings. The highest BCUT2D eigenvalue weighted by Crippen LogP contribution is 2.21. The third-order valence-electron chi connectivity index (χ3n) is 2.26. The van der Waals surface area contributed by atoms with E-state index in [1.54, 1.807) is 0 Å². The summed E-state index contributed by atoms with van der Waals surface area (Å²) in [6.07, 6.45) is 0.278. The molecule has 0 heterocycles. The molecule has 102 valence electrons. The number of benzene rings is 1. The van der Waals surface area contributed by atoms with Crippen molar-refractivity contribution in [2.45, 2.75) is 6.42 Å². The summed E-state index contributed by atoms with van der Waals surface area (Å²) in [6, 6.07) is 5.67. The van der Waals surface area contributed by atoms with Crippen molar-refractivity contribution in [3.63, 3.8) is 0 Å². The van der Waals surface area contributed by atoms with Gasteiger partial charge >= 0.3 is 0 Å². The molecular formula is C10H12N4O4S. The molecule has 0 bridgehead atoms. The molecule has 0 fully saturated rings. The molecule has 0 aliphatic carbocycles. The van der Waals surface area contributed by atoms with Crippen LogP contribution in [0.4, 0.5) is 11.4 Å². The SMILES string of the molecule is N#Cc1cc([N+](=O)[O-])ccc1NCCCS(N)(=O)=O. The lowest BCUT2D eigenvalue weighted by Crippen LogP contribution is -2.18. The van der Waals surface area contributed by atoms with Crippen LogP contribution in [0.15, 0.2) is 18.2 Å². The summed E-state index contributed by atoms with van der Waals surface area (Å²) in [5.74, 6) is -0.172. The zero-order valence-electron chi connectivity index (χ0n) is 9.87. The normalized spacial score (nSPS) is 10.7. The van der Waals surface area contributed by atoms with Crippen LogP contribution in [0.1, 0.15) is 12.0 Å². The van der Waals surface area contributed by atoms with Crippen LogP contribution in [0, 0.1) is 21.4 Å². The van der Waals surface area contributed by atoms with Crippen molar-refractivity contribution in [3.05, 3.63) is 33.9 Å². The third kappa shape index (κ3) is 4.90. The maximum absolute atomic E-state index is 10.7. The number of sulfonamides is 1. The van der Waals surface area contributed by atoms with Gasteiger partial charge in [0.05, 0.1) is 21.9 Å². The van der Waals surface area contributed by atoms with Gasteiger partial charge in [-0.1, -0.05) is 0 Å². The van der Waals surface area contributed by atoms with Gasteiger partial charge in [-0.3, -0.25) is 10.1 Å². The maximum atomic E-state index is 10.7. The largest absolute Gasteiger partial charge is 0.384 e. The lowest BCUT2D eigenvalue weighted by Gasteiger charge is -2.07. The van der Waals surface area contributed by atoms with Crippen LogP contribution in [0.3, 0.4) is 0 Å². The van der Waals surface area contributed by atoms with E-state index in [9.17, 15) is 18.5 Å². The van der Waals surface area contributed by atoms with Crippen molar-refractivity contribution in [3.8, 4) is 6.07 Å². The van der Waals surface area contributed by atoms with Crippen molar-refractivity contribution in [1.29, 1.82) is 5.26 Å². The smallest absolute Gasteiger partial charge is 0.270 e. The Hall–Kier alpha value is -2.18. The lowest BCUT2D eigenvalue weighted by molar-refractivity contribution is -0.384. The second-order valence-electron chi connectivity index (χ2n) is 3.75. The lowest BCUT2D eigenvalue weighted by atomic mass is 10.1. The predicted molar refractivity (Wildman–Crippen MR) is 68.9 cm³/mol. The van der Waals surface area contributed by atoms with E-state index in [0.717, 1.165) is 6.07 Å². The number of nitriles is 1. The van der Waals surface area contributed by atoms with Crippen molar-refractivity contribution < 1.29 is 13.3 Å². The highest BCUT2D eigenvalue weighted by Gasteiger charge is 2.10. The summed E-state index contributed by atoms with van der Waals surface area (Å²) in [6.45, 7) is 0.295. The number of nitro groups is 1. The van der Waals surface area contributed by atoms with Crippen LogP contribution in [0.5, 0.6) is 0 Å². The van der Waals surface area contributed by atoms with E-state index in [1.165, 1.54) is 12.1 Å². The number of hydrogen-bond donors (Lipinski definition) is 2. The maximum Gasteiger partial charge on any atom is 0.270 e. The molecule has 0 amide bonds. The first-order valence-corrected chi connectivity index (χ1v) is 6.98. The van der Waals surface area contributed by atoms with E-state index in [-0.39, 0.29) is 23.4 Å². The molecule has 0 atom stereocenters. The number of nitro benzene ring substituents is 1. The highest BCUT2D eigenvalue weighted by molar-refractivity contribution is 7.89. The van der Waals surface area contributed by atoms with Crippen molar-refractivity contribution in [2.24, 2.45) is 5.14 Å². The molecule has 1 aromatic carbocycles. The number of primary sulfonamides is 1. The van der Waals surface area contributed by atoms with Gasteiger partial charge in [-0.15, -0.1) is 0 Å².